The summed E-state index contributed by atoms with van der Waals surface area (Å²) in [5, 5.41) is 13.7. The number of carbonyl (C=O) groups is 2. The van der Waals surface area contributed by atoms with Crippen LogP contribution in [0.1, 0.15) is 39.0 Å². The summed E-state index contributed by atoms with van der Waals surface area (Å²) in [6, 6.07) is 22.6. The van der Waals surface area contributed by atoms with Gasteiger partial charge in [-0.3, -0.25) is 9.36 Å². The van der Waals surface area contributed by atoms with Crippen LogP contribution in [0.4, 0.5) is 0 Å². The van der Waals surface area contributed by atoms with E-state index in [1.54, 1.807) is 61.5 Å². The van der Waals surface area contributed by atoms with E-state index in [0.717, 1.165) is 15.8 Å². The number of carboxylic acid groups (broad SMARTS) is 1. The lowest BCUT2D eigenvalue weighted by Crippen LogP contribution is -2.30. The van der Waals surface area contributed by atoms with Crippen molar-refractivity contribution in [2.24, 2.45) is 0 Å². The van der Waals surface area contributed by atoms with E-state index in [4.69, 9.17) is 0 Å². The molecule has 0 aliphatic rings. The molecule has 168 valence electrons. The fourth-order valence-corrected chi connectivity index (χ4v) is 3.62. The fourth-order valence-electron chi connectivity index (χ4n) is 3.62. The third-order valence-electron chi connectivity index (χ3n) is 5.34. The number of carbonyl (C=O) groups excluding carboxylic acids is 1. The van der Waals surface area contributed by atoms with Gasteiger partial charge in [-0.05, 0) is 41.8 Å². The van der Waals surface area contributed by atoms with Crippen LogP contribution in [-0.4, -0.2) is 31.3 Å². The zero-order valence-electron chi connectivity index (χ0n) is 18.4. The van der Waals surface area contributed by atoms with Gasteiger partial charge < -0.3 is 5.11 Å². The van der Waals surface area contributed by atoms with Gasteiger partial charge in [0.25, 0.3) is 5.91 Å². The molecule has 0 unspecified atom stereocenters. The van der Waals surface area contributed by atoms with Gasteiger partial charge >= 0.3 is 11.7 Å². The van der Waals surface area contributed by atoms with E-state index in [1.807, 2.05) is 24.3 Å². The first-order valence-electron chi connectivity index (χ1n) is 10.6. The van der Waals surface area contributed by atoms with Crippen LogP contribution in [0.5, 0.6) is 0 Å². The Morgan fingerprint density at radius 2 is 1.62 bits per heavy atom. The number of aromatic carboxylic acids is 1. The minimum absolute atomic E-state index is 0.197. The van der Waals surface area contributed by atoms with E-state index in [2.05, 4.69) is 16.9 Å². The van der Waals surface area contributed by atoms with Crippen LogP contribution < -0.4 is 5.69 Å². The van der Waals surface area contributed by atoms with E-state index >= 15 is 0 Å². The first-order valence-corrected chi connectivity index (χ1v) is 10.6. The second-order valence-electron chi connectivity index (χ2n) is 7.52. The highest BCUT2D eigenvalue weighted by atomic mass is 16.4. The maximum atomic E-state index is 13.1. The van der Waals surface area contributed by atoms with Crippen molar-refractivity contribution in [1.29, 1.82) is 0 Å². The van der Waals surface area contributed by atoms with E-state index in [-0.39, 0.29) is 18.5 Å². The van der Waals surface area contributed by atoms with Gasteiger partial charge in [0, 0.05) is 5.56 Å². The van der Waals surface area contributed by atoms with Crippen LogP contribution in [0.15, 0.2) is 83.7 Å². The molecule has 0 radical (unpaired) electrons. The Morgan fingerprint density at radius 3 is 2.29 bits per heavy atom. The van der Waals surface area contributed by atoms with Crippen molar-refractivity contribution < 1.29 is 14.7 Å². The van der Waals surface area contributed by atoms with Crippen LogP contribution in [-0.2, 0) is 13.0 Å². The van der Waals surface area contributed by atoms with E-state index < -0.39 is 17.6 Å². The predicted octanol–water partition coefficient (Wildman–Crippen LogP) is 3.71. The van der Waals surface area contributed by atoms with Crippen LogP contribution in [0.3, 0.4) is 0 Å². The molecule has 0 saturated heterocycles. The Kier molecular flexibility index (Phi) is 6.51. The number of hydrogen-bond donors (Lipinski definition) is 1. The molecule has 0 saturated carbocycles. The van der Waals surface area contributed by atoms with E-state index in [9.17, 15) is 19.5 Å². The molecule has 4 rings (SSSR count). The van der Waals surface area contributed by atoms with Crippen molar-refractivity contribution in [1.82, 2.24) is 14.3 Å². The minimum atomic E-state index is -0.997. The topological polar surface area (TPSA) is 94.2 Å². The van der Waals surface area contributed by atoms with Gasteiger partial charge in [0.15, 0.2) is 0 Å². The zero-order chi connectivity index (χ0) is 24.1. The van der Waals surface area contributed by atoms with Crippen LogP contribution in [0.2, 0.25) is 0 Å². The first kappa shape index (κ1) is 22.5. The molecule has 7 nitrogen and oxygen atoms in total. The quantitative estimate of drug-likeness (QED) is 0.451. The highest BCUT2D eigenvalue weighted by Crippen LogP contribution is 2.24. The van der Waals surface area contributed by atoms with Crippen LogP contribution in [0.25, 0.3) is 11.1 Å². The average Bonchev–Trinajstić information content (AvgIpc) is 3.18. The fraction of sp³-hybridized carbons (Fsp3) is 0.111. The molecule has 4 aromatic rings. The van der Waals surface area contributed by atoms with Gasteiger partial charge in [-0.2, -0.15) is 0 Å². The summed E-state index contributed by atoms with van der Waals surface area (Å²) in [6.45, 7) is 1.89. The monoisotopic (exact) mass is 451 g/mol. The van der Waals surface area contributed by atoms with Crippen LogP contribution >= 0.6 is 0 Å². The number of rotatable bonds is 6. The Bertz CT molecular complexity index is 1470. The van der Waals surface area contributed by atoms with Gasteiger partial charge in [0.05, 0.1) is 18.5 Å². The Labute approximate surface area is 195 Å². The average molecular weight is 451 g/mol. The number of benzene rings is 3. The lowest BCUT2D eigenvalue weighted by atomic mass is 9.99. The zero-order valence-corrected chi connectivity index (χ0v) is 18.4. The highest BCUT2D eigenvalue weighted by Gasteiger charge is 2.19. The summed E-state index contributed by atoms with van der Waals surface area (Å²) in [5.41, 5.74) is 2.20. The SMILES string of the molecule is CC#CCc1nn(C(=O)c2ccccc2)c(=O)n1Cc1ccc(-c2ccccc2C(=O)O)cc1. The standard InChI is InChI=1S/C27H21N3O4/c1-2-3-13-24-28-30(25(31)21-9-5-4-6-10-21)27(34)29(24)18-19-14-16-20(17-15-19)22-11-7-8-12-23(22)26(32)33/h4-12,14-17H,13,18H2,1H3,(H,32,33). The molecular formula is C27H21N3O4. The number of hydrogen-bond acceptors (Lipinski definition) is 4. The van der Waals surface area contributed by atoms with Gasteiger partial charge in [-0.25, -0.2) is 9.59 Å². The highest BCUT2D eigenvalue weighted by molar-refractivity contribution is 5.96. The molecular weight excluding hydrogens is 430 g/mol. The maximum absolute atomic E-state index is 13.1. The van der Waals surface area contributed by atoms with Crippen molar-refractivity contribution in [3.05, 3.63) is 112 Å². The van der Waals surface area contributed by atoms with Gasteiger partial charge in [0.1, 0.15) is 5.82 Å². The third kappa shape index (κ3) is 4.57. The maximum Gasteiger partial charge on any atom is 0.353 e. The van der Waals surface area contributed by atoms with Crippen molar-refractivity contribution in [3.63, 3.8) is 0 Å². The molecule has 3 aromatic carbocycles. The molecule has 0 spiro atoms. The van der Waals surface area contributed by atoms with E-state index in [0.29, 0.717) is 17.0 Å². The van der Waals surface area contributed by atoms with Crippen molar-refractivity contribution in [2.45, 2.75) is 19.9 Å². The summed E-state index contributed by atoms with van der Waals surface area (Å²) < 4.78 is 2.31. The molecule has 0 fully saturated rings. The van der Waals surface area contributed by atoms with Crippen molar-refractivity contribution in [3.8, 4) is 23.0 Å². The normalized spacial score (nSPS) is 10.4. The summed E-state index contributed by atoms with van der Waals surface area (Å²) in [4.78, 5) is 37.5. The van der Waals surface area contributed by atoms with Crippen LogP contribution in [0, 0.1) is 11.8 Å². The Hall–Kier alpha value is -4.70. The second-order valence-corrected chi connectivity index (χ2v) is 7.52. The first-order chi connectivity index (χ1) is 16.5. The Balaban J connectivity index is 1.68. The molecule has 1 heterocycles. The van der Waals surface area contributed by atoms with Crippen molar-refractivity contribution in [2.75, 3.05) is 0 Å². The predicted molar refractivity (Wildman–Crippen MR) is 128 cm³/mol. The molecule has 7 heteroatoms. The number of nitrogens with zero attached hydrogens (tertiary/aromatic N) is 3. The molecule has 0 aliphatic heterocycles. The minimum Gasteiger partial charge on any atom is -0.478 e. The molecule has 0 aliphatic carbocycles. The molecule has 1 aromatic heterocycles. The summed E-state index contributed by atoms with van der Waals surface area (Å²) in [5.74, 6) is 4.59. The molecule has 34 heavy (non-hydrogen) atoms. The number of aromatic nitrogens is 3. The second kappa shape index (κ2) is 9.84. The molecule has 0 bridgehead atoms. The summed E-state index contributed by atoms with van der Waals surface area (Å²) in [7, 11) is 0. The van der Waals surface area contributed by atoms with E-state index in [1.165, 1.54) is 4.57 Å². The van der Waals surface area contributed by atoms with Gasteiger partial charge in [-0.15, -0.1) is 15.7 Å². The molecule has 1 N–H and O–H groups in total. The third-order valence-corrected chi connectivity index (χ3v) is 5.34. The number of carboxylic acids is 1. The van der Waals surface area contributed by atoms with Gasteiger partial charge in [0.2, 0.25) is 0 Å². The Morgan fingerprint density at radius 1 is 0.941 bits per heavy atom. The molecule has 0 atom stereocenters. The van der Waals surface area contributed by atoms with Crippen molar-refractivity contribution >= 4 is 11.9 Å². The lowest BCUT2D eigenvalue weighted by molar-refractivity contribution is 0.0697. The smallest absolute Gasteiger partial charge is 0.353 e. The largest absolute Gasteiger partial charge is 0.478 e. The van der Waals surface area contributed by atoms with Gasteiger partial charge in [-0.1, -0.05) is 66.6 Å². The lowest BCUT2D eigenvalue weighted by Gasteiger charge is -2.08. The summed E-state index contributed by atoms with van der Waals surface area (Å²) >= 11 is 0. The molecule has 0 amide bonds. The summed E-state index contributed by atoms with van der Waals surface area (Å²) in [6.07, 6.45) is 0.227.